The van der Waals surface area contributed by atoms with Crippen LogP contribution in [0.4, 0.5) is 0 Å². The van der Waals surface area contributed by atoms with E-state index in [9.17, 15) is 9.70 Å². The molecule has 1 amide bonds. The summed E-state index contributed by atoms with van der Waals surface area (Å²) in [6, 6.07) is 18.4. The molecule has 1 N–H and O–H groups in total. The highest BCUT2D eigenvalue weighted by atomic mass is 16.3. The molecule has 1 aliphatic heterocycles. The third kappa shape index (κ3) is 2.89. The summed E-state index contributed by atoms with van der Waals surface area (Å²) in [7, 11) is 0. The fourth-order valence-electron chi connectivity index (χ4n) is 3.49. The maximum Gasteiger partial charge on any atom is 0.225 e. The van der Waals surface area contributed by atoms with Crippen molar-refractivity contribution in [1.29, 1.82) is 0 Å². The lowest BCUT2D eigenvalue weighted by atomic mass is 9.92. The van der Waals surface area contributed by atoms with Crippen LogP contribution in [0, 0.1) is 10.8 Å². The molecule has 1 saturated heterocycles. The molecule has 4 atom stereocenters. The molecule has 0 unspecified atom stereocenters. The van der Waals surface area contributed by atoms with Crippen molar-refractivity contribution in [2.24, 2.45) is 11.2 Å². The van der Waals surface area contributed by atoms with E-state index < -0.39 is 6.04 Å². The molecule has 1 aliphatic rings. The Morgan fingerprint density at radius 2 is 1.38 bits per heavy atom. The van der Waals surface area contributed by atoms with Crippen LogP contribution in [0.3, 0.4) is 0 Å². The highest BCUT2D eigenvalue weighted by molar-refractivity contribution is 5.80. The molecule has 2 aromatic rings. The summed E-state index contributed by atoms with van der Waals surface area (Å²) in [5.41, 5.74) is 1.87. The van der Waals surface area contributed by atoms with E-state index in [1.54, 1.807) is 0 Å². The molecule has 1 fully saturated rings. The van der Waals surface area contributed by atoms with Crippen molar-refractivity contribution in [3.63, 3.8) is 0 Å². The number of benzene rings is 2. The van der Waals surface area contributed by atoms with Gasteiger partial charge in [-0.25, -0.2) is 5.01 Å². The molecular formula is C19H21N3O2. The molecule has 2 aromatic carbocycles. The van der Waals surface area contributed by atoms with Crippen molar-refractivity contribution in [2.45, 2.75) is 32.0 Å². The molecule has 24 heavy (non-hydrogen) atoms. The van der Waals surface area contributed by atoms with Crippen molar-refractivity contribution in [1.82, 2.24) is 10.3 Å². The Balaban J connectivity index is 2.12. The Hall–Kier alpha value is -2.69. The lowest BCUT2D eigenvalue weighted by molar-refractivity contribution is -0.125. The van der Waals surface area contributed by atoms with Crippen molar-refractivity contribution in [3.05, 3.63) is 76.7 Å². The molecule has 1 heterocycles. The zero-order valence-corrected chi connectivity index (χ0v) is 13.8. The van der Waals surface area contributed by atoms with E-state index in [-0.39, 0.29) is 23.9 Å². The number of carbonyl (C=O) groups is 1. The lowest BCUT2D eigenvalue weighted by Gasteiger charge is -2.35. The number of amides is 1. The zero-order chi connectivity index (χ0) is 17.1. The van der Waals surface area contributed by atoms with Gasteiger partial charge in [-0.15, -0.1) is 4.91 Å². The van der Waals surface area contributed by atoms with Crippen LogP contribution >= 0.6 is 0 Å². The first kappa shape index (κ1) is 16.2. The van der Waals surface area contributed by atoms with Gasteiger partial charge in [0, 0.05) is 0 Å². The van der Waals surface area contributed by atoms with Crippen LogP contribution in [0.25, 0.3) is 0 Å². The molecule has 5 nitrogen and oxygen atoms in total. The molecule has 0 aliphatic carbocycles. The smallest absolute Gasteiger partial charge is 0.225 e. The van der Waals surface area contributed by atoms with Crippen LogP contribution in [-0.2, 0) is 4.79 Å². The summed E-state index contributed by atoms with van der Waals surface area (Å²) in [6.07, 6.45) is 0. The van der Waals surface area contributed by atoms with Gasteiger partial charge in [-0.2, -0.15) is 0 Å². The van der Waals surface area contributed by atoms with Crippen LogP contribution in [-0.4, -0.2) is 17.0 Å². The van der Waals surface area contributed by atoms with Crippen LogP contribution in [0.5, 0.6) is 0 Å². The number of hydrogen-bond donors (Lipinski definition) is 1. The van der Waals surface area contributed by atoms with E-state index in [1.807, 2.05) is 74.5 Å². The standard InChI is InChI=1S/C19H21N3O2/c1-13-17(15-9-5-3-6-10-15)22(21-24)18(14(2)20-19(13)23)16-11-7-4-8-12-16/h3-14,17-18H,1-2H3,(H,20,23)/t13-,14-,17-,18-/m0/s1. The summed E-state index contributed by atoms with van der Waals surface area (Å²) in [6.45, 7) is 3.75. The van der Waals surface area contributed by atoms with Crippen LogP contribution in [0.15, 0.2) is 65.9 Å². The third-order valence-electron chi connectivity index (χ3n) is 4.68. The number of nitroso groups, excluding NO2 is 1. The molecule has 0 saturated carbocycles. The Labute approximate surface area is 141 Å². The average Bonchev–Trinajstić information content (AvgIpc) is 2.71. The molecule has 0 radical (unpaired) electrons. The monoisotopic (exact) mass is 323 g/mol. The largest absolute Gasteiger partial charge is 0.351 e. The molecule has 124 valence electrons. The fourth-order valence-corrected chi connectivity index (χ4v) is 3.49. The van der Waals surface area contributed by atoms with E-state index in [2.05, 4.69) is 10.6 Å². The van der Waals surface area contributed by atoms with Gasteiger partial charge < -0.3 is 5.32 Å². The second kappa shape index (κ2) is 6.83. The maximum atomic E-state index is 12.6. The van der Waals surface area contributed by atoms with E-state index in [4.69, 9.17) is 0 Å². The van der Waals surface area contributed by atoms with Crippen molar-refractivity contribution in [3.8, 4) is 0 Å². The number of nitrogens with one attached hydrogen (secondary N) is 1. The molecular weight excluding hydrogens is 302 g/mol. The van der Waals surface area contributed by atoms with Gasteiger partial charge in [-0.3, -0.25) is 4.79 Å². The van der Waals surface area contributed by atoms with E-state index >= 15 is 0 Å². The summed E-state index contributed by atoms with van der Waals surface area (Å²) in [5, 5.41) is 7.91. The predicted molar refractivity (Wildman–Crippen MR) is 92.8 cm³/mol. The minimum Gasteiger partial charge on any atom is -0.351 e. The fraction of sp³-hybridized carbons (Fsp3) is 0.316. The quantitative estimate of drug-likeness (QED) is 0.878. The zero-order valence-electron chi connectivity index (χ0n) is 13.8. The van der Waals surface area contributed by atoms with Crippen molar-refractivity contribution >= 4 is 5.91 Å². The predicted octanol–water partition coefficient (Wildman–Crippen LogP) is 3.61. The highest BCUT2D eigenvalue weighted by Crippen LogP contribution is 2.39. The topological polar surface area (TPSA) is 61.8 Å². The van der Waals surface area contributed by atoms with Crippen LogP contribution < -0.4 is 5.32 Å². The highest BCUT2D eigenvalue weighted by Gasteiger charge is 2.42. The first-order chi connectivity index (χ1) is 11.6. The second-order valence-electron chi connectivity index (χ2n) is 6.26. The van der Waals surface area contributed by atoms with Gasteiger partial charge in [0.25, 0.3) is 0 Å². The van der Waals surface area contributed by atoms with Gasteiger partial charge in [-0.05, 0) is 18.1 Å². The lowest BCUT2D eigenvalue weighted by Crippen LogP contribution is -2.39. The third-order valence-corrected chi connectivity index (χ3v) is 4.68. The molecule has 3 rings (SSSR count). The van der Waals surface area contributed by atoms with E-state index in [1.165, 1.54) is 5.01 Å². The van der Waals surface area contributed by atoms with Gasteiger partial charge in [0.2, 0.25) is 5.91 Å². The second-order valence-corrected chi connectivity index (χ2v) is 6.26. The SMILES string of the molecule is C[C@@H]1NC(=O)[C@@H](C)[C@@H](c2ccccc2)N(N=O)[C@@H]1c1ccccc1. The Morgan fingerprint density at radius 1 is 0.875 bits per heavy atom. The Bertz CT molecular complexity index is 705. The summed E-state index contributed by atoms with van der Waals surface area (Å²) >= 11 is 0. The molecule has 0 spiro atoms. The van der Waals surface area contributed by atoms with Crippen LogP contribution in [0.1, 0.15) is 37.1 Å². The normalized spacial score (nSPS) is 27.2. The molecule has 0 bridgehead atoms. The summed E-state index contributed by atoms with van der Waals surface area (Å²) in [5.74, 6) is -0.454. The first-order valence-electron chi connectivity index (χ1n) is 8.15. The molecule has 5 heteroatoms. The van der Waals surface area contributed by atoms with Crippen molar-refractivity contribution < 1.29 is 4.79 Å². The van der Waals surface area contributed by atoms with Crippen molar-refractivity contribution in [2.75, 3.05) is 0 Å². The number of carbonyl (C=O) groups excluding carboxylic acids is 1. The van der Waals surface area contributed by atoms with Gasteiger partial charge in [0.15, 0.2) is 0 Å². The van der Waals surface area contributed by atoms with Gasteiger partial charge in [0.05, 0.1) is 29.3 Å². The minimum absolute atomic E-state index is 0.0663. The Morgan fingerprint density at radius 3 is 1.88 bits per heavy atom. The number of rotatable bonds is 3. The van der Waals surface area contributed by atoms with E-state index in [0.717, 1.165) is 11.1 Å². The van der Waals surface area contributed by atoms with Crippen LogP contribution in [0.2, 0.25) is 0 Å². The van der Waals surface area contributed by atoms with Gasteiger partial charge >= 0.3 is 0 Å². The van der Waals surface area contributed by atoms with E-state index in [0.29, 0.717) is 0 Å². The number of nitrogens with zero attached hydrogens (tertiary/aromatic N) is 2. The average molecular weight is 323 g/mol. The summed E-state index contributed by atoms with van der Waals surface area (Å²) < 4.78 is 0. The maximum absolute atomic E-state index is 12.6. The summed E-state index contributed by atoms with van der Waals surface area (Å²) in [4.78, 5) is 24.4. The van der Waals surface area contributed by atoms with Gasteiger partial charge in [-0.1, -0.05) is 67.6 Å². The molecule has 0 aromatic heterocycles. The first-order valence-corrected chi connectivity index (χ1v) is 8.15. The Kier molecular flexibility index (Phi) is 4.60. The minimum atomic E-state index is -0.404. The number of hydrogen-bond acceptors (Lipinski definition) is 3. The van der Waals surface area contributed by atoms with Gasteiger partial charge in [0.1, 0.15) is 0 Å².